The van der Waals surface area contributed by atoms with Crippen molar-refractivity contribution in [2.75, 3.05) is 17.2 Å². The van der Waals surface area contributed by atoms with Crippen LogP contribution < -0.4 is 15.4 Å². The zero-order chi connectivity index (χ0) is 21.6. The molecule has 2 N–H and O–H groups in total. The minimum Gasteiger partial charge on any atom is -0.484 e. The van der Waals surface area contributed by atoms with Gasteiger partial charge in [-0.1, -0.05) is 41.9 Å². The first-order chi connectivity index (χ1) is 15.1. The molecule has 0 aliphatic carbocycles. The maximum absolute atomic E-state index is 12.3. The third-order valence-electron chi connectivity index (χ3n) is 4.52. The second-order valence-corrected chi connectivity index (χ2v) is 8.14. The van der Waals surface area contributed by atoms with Crippen LogP contribution in [-0.2, 0) is 4.79 Å². The highest BCUT2D eigenvalue weighted by Crippen LogP contribution is 2.29. The molecule has 1 amide bonds. The molecule has 0 atom stereocenters. The van der Waals surface area contributed by atoms with Gasteiger partial charge in [-0.15, -0.1) is 11.3 Å². The molecule has 0 saturated heterocycles. The Hall–Kier alpha value is -3.35. The quantitative estimate of drug-likeness (QED) is 0.336. The monoisotopic (exact) mass is 449 g/mol. The average Bonchev–Trinajstić information content (AvgIpc) is 3.24. The van der Waals surface area contributed by atoms with E-state index >= 15 is 0 Å². The molecule has 0 radical (unpaired) electrons. The van der Waals surface area contributed by atoms with E-state index in [4.69, 9.17) is 16.3 Å². The van der Waals surface area contributed by atoms with Crippen molar-refractivity contribution in [1.29, 1.82) is 0 Å². The Morgan fingerprint density at radius 1 is 1.06 bits per heavy atom. The second-order valence-electron chi connectivity index (χ2n) is 6.85. The third kappa shape index (κ3) is 5.63. The molecule has 0 fully saturated rings. The Morgan fingerprint density at radius 2 is 1.87 bits per heavy atom. The summed E-state index contributed by atoms with van der Waals surface area (Å²) >= 11 is 7.39. The zero-order valence-corrected chi connectivity index (χ0v) is 18.3. The number of nitrogens with one attached hydrogen (secondary N) is 2. The summed E-state index contributed by atoms with van der Waals surface area (Å²) in [4.78, 5) is 16.9. The minimum atomic E-state index is -0.243. The predicted octanol–water partition coefficient (Wildman–Crippen LogP) is 6.53. The summed E-state index contributed by atoms with van der Waals surface area (Å²) in [6.07, 6.45) is 0. The Bertz CT molecular complexity index is 1190. The van der Waals surface area contributed by atoms with Crippen molar-refractivity contribution >= 4 is 45.4 Å². The molecule has 0 bridgehead atoms. The minimum absolute atomic E-state index is 0.0902. The molecule has 3 aromatic carbocycles. The van der Waals surface area contributed by atoms with E-state index in [-0.39, 0.29) is 12.5 Å². The highest BCUT2D eigenvalue weighted by Gasteiger charge is 2.09. The van der Waals surface area contributed by atoms with Gasteiger partial charge in [-0.25, -0.2) is 4.98 Å². The van der Waals surface area contributed by atoms with Gasteiger partial charge in [0.05, 0.1) is 5.69 Å². The molecule has 7 heteroatoms. The van der Waals surface area contributed by atoms with E-state index < -0.39 is 0 Å². The molecule has 0 unspecified atom stereocenters. The van der Waals surface area contributed by atoms with Crippen molar-refractivity contribution in [3.8, 4) is 17.0 Å². The zero-order valence-electron chi connectivity index (χ0n) is 16.8. The molecule has 5 nitrogen and oxygen atoms in total. The lowest BCUT2D eigenvalue weighted by molar-refractivity contribution is -0.118. The van der Waals surface area contributed by atoms with Crippen LogP contribution in [0.25, 0.3) is 11.3 Å². The van der Waals surface area contributed by atoms with Crippen LogP contribution in [0.5, 0.6) is 5.75 Å². The summed E-state index contributed by atoms with van der Waals surface area (Å²) in [5.74, 6) is 0.344. The molecule has 156 valence electrons. The summed E-state index contributed by atoms with van der Waals surface area (Å²) in [7, 11) is 0. The van der Waals surface area contributed by atoms with Gasteiger partial charge in [0.15, 0.2) is 11.7 Å². The van der Waals surface area contributed by atoms with Gasteiger partial charge >= 0.3 is 0 Å². The first-order valence-electron chi connectivity index (χ1n) is 9.64. The number of carbonyl (C=O) groups excluding carboxylic acids is 1. The van der Waals surface area contributed by atoms with Crippen LogP contribution in [-0.4, -0.2) is 17.5 Å². The van der Waals surface area contributed by atoms with E-state index in [0.717, 1.165) is 27.6 Å². The second kappa shape index (κ2) is 9.64. The van der Waals surface area contributed by atoms with Crippen LogP contribution in [0, 0.1) is 6.92 Å². The lowest BCUT2D eigenvalue weighted by atomic mass is 10.1. The number of nitrogens with zero attached hydrogens (tertiary/aromatic N) is 1. The van der Waals surface area contributed by atoms with Gasteiger partial charge in [0.1, 0.15) is 5.75 Å². The molecule has 0 spiro atoms. The van der Waals surface area contributed by atoms with Gasteiger partial charge in [-0.2, -0.15) is 0 Å². The number of hydrogen-bond donors (Lipinski definition) is 2. The van der Waals surface area contributed by atoms with Crippen molar-refractivity contribution in [2.45, 2.75) is 6.92 Å². The fraction of sp³-hybridized carbons (Fsp3) is 0.0833. The number of para-hydroxylation sites is 1. The number of halogens is 1. The van der Waals surface area contributed by atoms with E-state index in [1.807, 2.05) is 47.8 Å². The van der Waals surface area contributed by atoms with Gasteiger partial charge in [0.25, 0.3) is 5.91 Å². The summed E-state index contributed by atoms with van der Waals surface area (Å²) in [5.41, 5.74) is 4.64. The van der Waals surface area contributed by atoms with E-state index in [1.54, 1.807) is 24.3 Å². The van der Waals surface area contributed by atoms with Gasteiger partial charge in [0, 0.05) is 27.3 Å². The number of anilines is 3. The standard InChI is InChI=1S/C24H20ClN3O2S/c1-16-5-2-3-8-21(16)27-24-28-22(15-31-24)17-6-4-7-19(13-17)26-23(29)14-30-20-11-9-18(25)10-12-20/h2-13,15H,14H2,1H3,(H,26,29)(H,27,28). The lowest BCUT2D eigenvalue weighted by Crippen LogP contribution is -2.20. The molecule has 0 saturated carbocycles. The normalized spacial score (nSPS) is 10.5. The molecule has 1 aromatic heterocycles. The van der Waals surface area contributed by atoms with Crippen LogP contribution in [0.15, 0.2) is 78.2 Å². The van der Waals surface area contributed by atoms with Crippen LogP contribution in [0.1, 0.15) is 5.56 Å². The number of aryl methyl sites for hydroxylation is 1. The molecular formula is C24H20ClN3O2S. The largest absolute Gasteiger partial charge is 0.484 e. The summed E-state index contributed by atoms with van der Waals surface area (Å²) in [5, 5.41) is 9.64. The SMILES string of the molecule is Cc1ccccc1Nc1nc(-c2cccc(NC(=O)COc3ccc(Cl)cc3)c2)cs1. The van der Waals surface area contributed by atoms with Crippen molar-refractivity contribution in [2.24, 2.45) is 0 Å². The topological polar surface area (TPSA) is 63.2 Å². The molecule has 0 aliphatic heterocycles. The lowest BCUT2D eigenvalue weighted by Gasteiger charge is -2.08. The van der Waals surface area contributed by atoms with Gasteiger partial charge < -0.3 is 15.4 Å². The summed E-state index contributed by atoms with van der Waals surface area (Å²) < 4.78 is 5.49. The van der Waals surface area contributed by atoms with E-state index in [1.165, 1.54) is 11.3 Å². The first-order valence-corrected chi connectivity index (χ1v) is 10.9. The maximum atomic E-state index is 12.3. The van der Waals surface area contributed by atoms with Crippen molar-refractivity contribution in [3.05, 3.63) is 88.8 Å². The van der Waals surface area contributed by atoms with E-state index in [0.29, 0.717) is 16.5 Å². The number of benzene rings is 3. The number of amides is 1. The predicted molar refractivity (Wildman–Crippen MR) is 128 cm³/mol. The van der Waals surface area contributed by atoms with Crippen LogP contribution in [0.4, 0.5) is 16.5 Å². The highest BCUT2D eigenvalue weighted by molar-refractivity contribution is 7.14. The number of ether oxygens (including phenoxy) is 1. The molecule has 4 rings (SSSR count). The molecule has 0 aliphatic rings. The van der Waals surface area contributed by atoms with Crippen LogP contribution in [0.3, 0.4) is 0 Å². The Balaban J connectivity index is 1.39. The number of aromatic nitrogens is 1. The first kappa shape index (κ1) is 20.9. The van der Waals surface area contributed by atoms with Gasteiger partial charge in [0.2, 0.25) is 0 Å². The number of hydrogen-bond acceptors (Lipinski definition) is 5. The highest BCUT2D eigenvalue weighted by atomic mass is 35.5. The van der Waals surface area contributed by atoms with Crippen molar-refractivity contribution in [1.82, 2.24) is 4.98 Å². The average molecular weight is 450 g/mol. The van der Waals surface area contributed by atoms with Crippen LogP contribution in [0.2, 0.25) is 5.02 Å². The Kier molecular flexibility index (Phi) is 6.50. The van der Waals surface area contributed by atoms with Crippen molar-refractivity contribution < 1.29 is 9.53 Å². The molecule has 1 heterocycles. The summed E-state index contributed by atoms with van der Waals surface area (Å²) in [6, 6.07) is 22.5. The fourth-order valence-electron chi connectivity index (χ4n) is 2.93. The van der Waals surface area contributed by atoms with Gasteiger partial charge in [-0.05, 0) is 55.0 Å². The Labute approximate surface area is 189 Å². The maximum Gasteiger partial charge on any atom is 0.262 e. The number of carbonyl (C=O) groups is 1. The van der Waals surface area contributed by atoms with Crippen LogP contribution >= 0.6 is 22.9 Å². The molecule has 31 heavy (non-hydrogen) atoms. The Morgan fingerprint density at radius 3 is 2.68 bits per heavy atom. The van der Waals surface area contributed by atoms with E-state index in [2.05, 4.69) is 28.6 Å². The van der Waals surface area contributed by atoms with Crippen molar-refractivity contribution in [3.63, 3.8) is 0 Å². The molecular weight excluding hydrogens is 430 g/mol. The summed E-state index contributed by atoms with van der Waals surface area (Å²) in [6.45, 7) is 1.96. The van der Waals surface area contributed by atoms with Gasteiger partial charge in [-0.3, -0.25) is 4.79 Å². The number of rotatable bonds is 7. The smallest absolute Gasteiger partial charge is 0.262 e. The fourth-order valence-corrected chi connectivity index (χ4v) is 3.78. The number of thiazole rings is 1. The molecule has 4 aromatic rings. The third-order valence-corrected chi connectivity index (χ3v) is 5.53. The van der Waals surface area contributed by atoms with E-state index in [9.17, 15) is 4.79 Å².